The normalized spacial score (nSPS) is 10.2. The molecule has 7 nitrogen and oxygen atoms in total. The minimum atomic E-state index is -1.17. The number of aryl methyl sites for hydroxylation is 1. The van der Waals surface area contributed by atoms with Gasteiger partial charge in [0.15, 0.2) is 11.6 Å². The molecule has 0 fully saturated rings. The molecule has 0 bridgehead atoms. The summed E-state index contributed by atoms with van der Waals surface area (Å²) in [6, 6.07) is 15.4. The highest BCUT2D eigenvalue weighted by Crippen LogP contribution is 2.32. The van der Waals surface area contributed by atoms with E-state index in [2.05, 4.69) is 49.3 Å². The minimum absolute atomic E-state index is 0.105. The first-order valence-corrected chi connectivity index (χ1v) is 12.0. The minimum Gasteiger partial charge on any atom is -0.382 e. The summed E-state index contributed by atoms with van der Waals surface area (Å²) in [7, 11) is 1.49. The van der Waals surface area contributed by atoms with E-state index in [4.69, 9.17) is 15.3 Å². The molecule has 0 aliphatic rings. The van der Waals surface area contributed by atoms with E-state index in [1.807, 2.05) is 25.1 Å². The van der Waals surface area contributed by atoms with Crippen LogP contribution >= 0.6 is 38.5 Å². The van der Waals surface area contributed by atoms with Crippen LogP contribution in [0.1, 0.15) is 26.3 Å². The fourth-order valence-electron chi connectivity index (χ4n) is 2.70. The van der Waals surface area contributed by atoms with Gasteiger partial charge in [-0.25, -0.2) is 14.3 Å². The van der Waals surface area contributed by atoms with Crippen molar-refractivity contribution >= 4 is 61.7 Å². The molecule has 0 spiro atoms. The second kappa shape index (κ2) is 14.1. The zero-order chi connectivity index (χ0) is 26.0. The van der Waals surface area contributed by atoms with E-state index in [0.717, 1.165) is 9.13 Å². The predicted octanol–water partition coefficient (Wildman–Crippen LogP) is 5.48. The van der Waals surface area contributed by atoms with Gasteiger partial charge < -0.3 is 15.8 Å². The van der Waals surface area contributed by atoms with E-state index < -0.39 is 17.5 Å². The van der Waals surface area contributed by atoms with E-state index in [1.165, 1.54) is 13.2 Å². The molecule has 3 aromatic rings. The highest BCUT2D eigenvalue weighted by Gasteiger charge is 2.22. The standard InChI is InChI=1S/C17H16BrF2IN2O3.C7H7NO/c1-9-7-10(21)3-4-13(9)22-16-11(8-12(18)14(19)15(16)20)17(24)23-26-6-5-25-2;8-7(9)6-4-2-1-3-5-6/h3-4,7-8,22H,5-6H2,1-2H3,(H,23,24);1-5H,(H2,8,9). The Kier molecular flexibility index (Phi) is 11.5. The first-order chi connectivity index (χ1) is 16.6. The van der Waals surface area contributed by atoms with Gasteiger partial charge in [-0.2, -0.15) is 0 Å². The van der Waals surface area contributed by atoms with Crippen molar-refractivity contribution in [2.75, 3.05) is 25.6 Å². The molecule has 0 saturated carbocycles. The van der Waals surface area contributed by atoms with Crippen LogP contribution in [0.3, 0.4) is 0 Å². The molecule has 0 aromatic heterocycles. The fourth-order valence-corrected chi connectivity index (χ4v) is 3.75. The van der Waals surface area contributed by atoms with Crippen molar-refractivity contribution in [2.45, 2.75) is 6.92 Å². The molecule has 3 aromatic carbocycles. The lowest BCUT2D eigenvalue weighted by Gasteiger charge is -2.16. The molecule has 0 saturated heterocycles. The number of hydroxylamine groups is 1. The molecule has 0 aliphatic heterocycles. The number of hydrogen-bond donors (Lipinski definition) is 3. The highest BCUT2D eigenvalue weighted by atomic mass is 127. The zero-order valence-electron chi connectivity index (χ0n) is 18.8. The van der Waals surface area contributed by atoms with Gasteiger partial charge in [0, 0.05) is 21.9 Å². The number of rotatable bonds is 8. The Labute approximate surface area is 223 Å². The Morgan fingerprint density at radius 3 is 2.31 bits per heavy atom. The maximum absolute atomic E-state index is 14.5. The van der Waals surface area contributed by atoms with Crippen LogP contribution in [-0.4, -0.2) is 32.1 Å². The Morgan fingerprint density at radius 1 is 1.06 bits per heavy atom. The number of halogens is 4. The van der Waals surface area contributed by atoms with Gasteiger partial charge in [-0.05, 0) is 87.4 Å². The molecule has 0 atom stereocenters. The van der Waals surface area contributed by atoms with E-state index in [0.29, 0.717) is 11.3 Å². The monoisotopic (exact) mass is 661 g/mol. The van der Waals surface area contributed by atoms with Crippen molar-refractivity contribution in [1.29, 1.82) is 0 Å². The van der Waals surface area contributed by atoms with E-state index in [9.17, 15) is 18.4 Å². The average molecular weight is 662 g/mol. The molecule has 11 heteroatoms. The second-order valence-corrected chi connectivity index (χ2v) is 9.10. The molecule has 186 valence electrons. The van der Waals surface area contributed by atoms with Gasteiger partial charge in [0.05, 0.1) is 28.9 Å². The molecule has 35 heavy (non-hydrogen) atoms. The number of primary amides is 1. The molecule has 0 unspecified atom stereocenters. The third kappa shape index (κ3) is 8.53. The van der Waals surface area contributed by atoms with Crippen molar-refractivity contribution in [3.05, 3.63) is 91.0 Å². The zero-order valence-corrected chi connectivity index (χ0v) is 22.6. The summed E-state index contributed by atoms with van der Waals surface area (Å²) in [5.41, 5.74) is 8.71. The topological polar surface area (TPSA) is 103 Å². The fraction of sp³-hybridized carbons (Fsp3) is 0.167. The number of ether oxygens (including phenoxy) is 1. The Bertz CT molecular complexity index is 1180. The summed E-state index contributed by atoms with van der Waals surface area (Å²) in [5, 5.41) is 2.81. The second-order valence-electron chi connectivity index (χ2n) is 7.00. The van der Waals surface area contributed by atoms with Crippen molar-refractivity contribution in [3.63, 3.8) is 0 Å². The van der Waals surface area contributed by atoms with Crippen molar-refractivity contribution < 1.29 is 27.9 Å². The van der Waals surface area contributed by atoms with Gasteiger partial charge in [0.1, 0.15) is 0 Å². The molecule has 3 rings (SSSR count). The summed E-state index contributed by atoms with van der Waals surface area (Å²) in [6.07, 6.45) is 0. The number of amides is 2. The van der Waals surface area contributed by atoms with Crippen LogP contribution in [0.4, 0.5) is 20.2 Å². The van der Waals surface area contributed by atoms with Crippen LogP contribution < -0.4 is 16.5 Å². The lowest BCUT2D eigenvalue weighted by atomic mass is 10.1. The quantitative estimate of drug-likeness (QED) is 0.129. The largest absolute Gasteiger partial charge is 0.382 e. The number of carbonyl (C=O) groups excluding carboxylic acids is 2. The van der Waals surface area contributed by atoms with Gasteiger partial charge in [-0.3, -0.25) is 14.4 Å². The summed E-state index contributed by atoms with van der Waals surface area (Å²) in [6.45, 7) is 2.21. The van der Waals surface area contributed by atoms with E-state index >= 15 is 0 Å². The number of nitrogens with two attached hydrogens (primary N) is 1. The maximum atomic E-state index is 14.5. The van der Waals surface area contributed by atoms with Gasteiger partial charge in [0.25, 0.3) is 5.91 Å². The van der Waals surface area contributed by atoms with Gasteiger partial charge in [-0.1, -0.05) is 18.2 Å². The lowest BCUT2D eigenvalue weighted by Crippen LogP contribution is -2.26. The molecule has 2 amide bonds. The first-order valence-electron chi connectivity index (χ1n) is 10.1. The summed E-state index contributed by atoms with van der Waals surface area (Å²) < 4.78 is 34.2. The summed E-state index contributed by atoms with van der Waals surface area (Å²) >= 11 is 5.07. The number of anilines is 2. The van der Waals surface area contributed by atoms with Crippen LogP contribution in [-0.2, 0) is 9.57 Å². The van der Waals surface area contributed by atoms with Gasteiger partial charge >= 0.3 is 0 Å². The number of carbonyl (C=O) groups is 2. The predicted molar refractivity (Wildman–Crippen MR) is 141 cm³/mol. The van der Waals surface area contributed by atoms with Crippen molar-refractivity contribution in [3.8, 4) is 0 Å². The highest BCUT2D eigenvalue weighted by molar-refractivity contribution is 14.1. The summed E-state index contributed by atoms with van der Waals surface area (Å²) in [5.74, 6) is -3.35. The van der Waals surface area contributed by atoms with E-state index in [-0.39, 0.29) is 34.8 Å². The third-order valence-electron chi connectivity index (χ3n) is 4.47. The number of hydrogen-bond acceptors (Lipinski definition) is 5. The molecule has 0 radical (unpaired) electrons. The third-order valence-corrected chi connectivity index (χ3v) is 5.72. The van der Waals surface area contributed by atoms with Gasteiger partial charge in [-0.15, -0.1) is 0 Å². The molecular weight excluding hydrogens is 639 g/mol. The Hall–Kier alpha value is -2.61. The number of nitrogens with one attached hydrogen (secondary N) is 2. The van der Waals surface area contributed by atoms with E-state index in [1.54, 1.807) is 30.3 Å². The number of methoxy groups -OCH3 is 1. The van der Waals surface area contributed by atoms with Crippen LogP contribution in [0.2, 0.25) is 0 Å². The SMILES string of the molecule is COCCONC(=O)c1cc(Br)c(F)c(F)c1Nc1ccc(I)cc1C.NC(=O)c1ccccc1. The van der Waals surface area contributed by atoms with Crippen LogP contribution in [0.25, 0.3) is 0 Å². The lowest BCUT2D eigenvalue weighted by molar-refractivity contribution is 0.00891. The number of benzene rings is 3. The van der Waals surface area contributed by atoms with Gasteiger partial charge in [0.2, 0.25) is 5.91 Å². The van der Waals surface area contributed by atoms with Crippen molar-refractivity contribution in [1.82, 2.24) is 5.48 Å². The van der Waals surface area contributed by atoms with Crippen molar-refractivity contribution in [2.24, 2.45) is 5.73 Å². The smallest absolute Gasteiger partial charge is 0.277 e. The molecule has 4 N–H and O–H groups in total. The molecule has 0 heterocycles. The molecule has 0 aliphatic carbocycles. The Morgan fingerprint density at radius 2 is 1.74 bits per heavy atom. The Balaban J connectivity index is 0.000000402. The van der Waals surface area contributed by atoms with Crippen LogP contribution in [0.15, 0.2) is 59.1 Å². The van der Waals surface area contributed by atoms with Crippen LogP contribution in [0.5, 0.6) is 0 Å². The van der Waals surface area contributed by atoms with Crippen LogP contribution in [0, 0.1) is 22.1 Å². The maximum Gasteiger partial charge on any atom is 0.277 e. The summed E-state index contributed by atoms with van der Waals surface area (Å²) in [4.78, 5) is 27.7. The average Bonchev–Trinajstić information content (AvgIpc) is 2.84. The molecular formula is C24H23BrF2IN3O4. The first kappa shape index (κ1) is 28.6.